The molecule has 0 spiro atoms. The van der Waals surface area contributed by atoms with Crippen LogP contribution in [0.4, 0.5) is 13.2 Å². The molecule has 1 unspecified atom stereocenters. The van der Waals surface area contributed by atoms with Gasteiger partial charge in [-0.15, -0.1) is 0 Å². The molecule has 5 nitrogen and oxygen atoms in total. The molecule has 0 radical (unpaired) electrons. The molecule has 0 amide bonds. The molecular weight excluding hydrogens is 295 g/mol. The van der Waals surface area contributed by atoms with E-state index in [1.165, 1.54) is 4.57 Å². The lowest BCUT2D eigenvalue weighted by molar-refractivity contribution is -0.141. The standard InChI is InChI=1S/C14H18F3N5/c1-21-9-12(14(15,16)17)19-13(21)10-3-2-6-22(7-10)8-11-4-5-18-20-11/h4-5,9-10H,2-3,6-8H2,1H3,(H,18,20). The van der Waals surface area contributed by atoms with Crippen molar-refractivity contribution in [3.05, 3.63) is 35.7 Å². The van der Waals surface area contributed by atoms with Crippen LogP contribution < -0.4 is 0 Å². The minimum absolute atomic E-state index is 0.0257. The van der Waals surface area contributed by atoms with E-state index in [2.05, 4.69) is 20.1 Å². The molecule has 8 heteroatoms. The van der Waals surface area contributed by atoms with Gasteiger partial charge < -0.3 is 4.57 Å². The second-order valence-electron chi connectivity index (χ2n) is 5.75. The normalized spacial score (nSPS) is 20.5. The van der Waals surface area contributed by atoms with Crippen molar-refractivity contribution >= 4 is 0 Å². The van der Waals surface area contributed by atoms with Crippen LogP contribution in [-0.2, 0) is 19.8 Å². The summed E-state index contributed by atoms with van der Waals surface area (Å²) in [4.78, 5) is 6.05. The fraction of sp³-hybridized carbons (Fsp3) is 0.571. The Morgan fingerprint density at radius 3 is 2.86 bits per heavy atom. The van der Waals surface area contributed by atoms with E-state index in [0.29, 0.717) is 12.4 Å². The summed E-state index contributed by atoms with van der Waals surface area (Å²) in [5.41, 5.74) is 0.201. The number of rotatable bonds is 3. The third-order valence-corrected chi connectivity index (χ3v) is 4.03. The lowest BCUT2D eigenvalue weighted by atomic mass is 9.97. The highest BCUT2D eigenvalue weighted by Gasteiger charge is 2.36. The molecule has 1 saturated heterocycles. The van der Waals surface area contributed by atoms with E-state index in [4.69, 9.17) is 0 Å². The first-order valence-electron chi connectivity index (χ1n) is 7.24. The van der Waals surface area contributed by atoms with Crippen LogP contribution >= 0.6 is 0 Å². The summed E-state index contributed by atoms with van der Waals surface area (Å²) in [5, 5.41) is 6.83. The number of halogens is 3. The molecule has 1 aliphatic rings. The number of imidazole rings is 1. The first kappa shape index (κ1) is 15.1. The molecule has 2 aromatic rings. The van der Waals surface area contributed by atoms with Gasteiger partial charge in [0, 0.05) is 44.1 Å². The molecule has 1 aliphatic heterocycles. The van der Waals surface area contributed by atoms with Gasteiger partial charge in [-0.25, -0.2) is 4.98 Å². The van der Waals surface area contributed by atoms with Gasteiger partial charge >= 0.3 is 6.18 Å². The number of nitrogens with zero attached hydrogens (tertiary/aromatic N) is 4. The van der Waals surface area contributed by atoms with E-state index in [1.54, 1.807) is 13.2 Å². The molecule has 1 N–H and O–H groups in total. The molecule has 2 aromatic heterocycles. The summed E-state index contributed by atoms with van der Waals surface area (Å²) in [7, 11) is 1.63. The van der Waals surface area contributed by atoms with E-state index in [-0.39, 0.29) is 5.92 Å². The minimum Gasteiger partial charge on any atom is -0.337 e. The third kappa shape index (κ3) is 3.16. The average Bonchev–Trinajstić information content (AvgIpc) is 3.08. The van der Waals surface area contributed by atoms with Gasteiger partial charge in [0.2, 0.25) is 0 Å². The van der Waals surface area contributed by atoms with E-state index in [0.717, 1.165) is 37.8 Å². The van der Waals surface area contributed by atoms with Gasteiger partial charge in [-0.3, -0.25) is 10.00 Å². The molecule has 0 aromatic carbocycles. The SMILES string of the molecule is Cn1cc(C(F)(F)F)nc1C1CCCN(Cc2ccn[nH]2)C1. The second-order valence-corrected chi connectivity index (χ2v) is 5.75. The molecule has 22 heavy (non-hydrogen) atoms. The summed E-state index contributed by atoms with van der Waals surface area (Å²) in [6.45, 7) is 2.38. The number of alkyl halides is 3. The van der Waals surface area contributed by atoms with Gasteiger partial charge in [0.1, 0.15) is 5.82 Å². The molecule has 1 fully saturated rings. The molecule has 3 rings (SSSR count). The average molecular weight is 313 g/mol. The van der Waals surface area contributed by atoms with E-state index in [9.17, 15) is 13.2 Å². The Balaban J connectivity index is 1.73. The number of aryl methyl sites for hydroxylation is 1. The second kappa shape index (κ2) is 5.75. The molecular formula is C14H18F3N5. The first-order chi connectivity index (χ1) is 10.4. The molecule has 0 saturated carbocycles. The van der Waals surface area contributed by atoms with Crippen molar-refractivity contribution in [1.82, 2.24) is 24.6 Å². The lowest BCUT2D eigenvalue weighted by Crippen LogP contribution is -2.34. The van der Waals surface area contributed by atoms with Crippen LogP contribution in [0.25, 0.3) is 0 Å². The van der Waals surface area contributed by atoms with Crippen LogP contribution in [0.1, 0.15) is 36.0 Å². The van der Waals surface area contributed by atoms with Crippen molar-refractivity contribution in [3.8, 4) is 0 Å². The smallest absolute Gasteiger partial charge is 0.337 e. The molecule has 0 bridgehead atoms. The Kier molecular flexibility index (Phi) is 3.94. The number of likely N-dealkylation sites (tertiary alicyclic amines) is 1. The fourth-order valence-corrected chi connectivity index (χ4v) is 3.02. The number of hydrogen-bond donors (Lipinski definition) is 1. The Hall–Kier alpha value is -1.83. The molecule has 0 aliphatic carbocycles. The van der Waals surface area contributed by atoms with Gasteiger partial charge in [0.25, 0.3) is 0 Å². The zero-order chi connectivity index (χ0) is 15.7. The fourth-order valence-electron chi connectivity index (χ4n) is 3.02. The van der Waals surface area contributed by atoms with Crippen molar-refractivity contribution in [2.75, 3.05) is 13.1 Å². The van der Waals surface area contributed by atoms with E-state index in [1.807, 2.05) is 6.07 Å². The van der Waals surface area contributed by atoms with Gasteiger partial charge in [0.05, 0.1) is 0 Å². The van der Waals surface area contributed by atoms with Crippen molar-refractivity contribution in [2.45, 2.75) is 31.5 Å². The Morgan fingerprint density at radius 2 is 2.23 bits per heavy atom. The third-order valence-electron chi connectivity index (χ3n) is 4.03. The van der Waals surface area contributed by atoms with Crippen molar-refractivity contribution in [3.63, 3.8) is 0 Å². The predicted octanol–water partition coefficient (Wildman–Crippen LogP) is 2.54. The van der Waals surface area contributed by atoms with Crippen molar-refractivity contribution in [2.24, 2.45) is 7.05 Å². The zero-order valence-electron chi connectivity index (χ0n) is 12.3. The quantitative estimate of drug-likeness (QED) is 0.947. The maximum atomic E-state index is 12.8. The zero-order valence-corrected chi connectivity index (χ0v) is 12.3. The highest BCUT2D eigenvalue weighted by molar-refractivity contribution is 5.12. The monoisotopic (exact) mass is 313 g/mol. The van der Waals surface area contributed by atoms with Crippen LogP contribution in [-0.4, -0.2) is 37.7 Å². The Morgan fingerprint density at radius 1 is 1.41 bits per heavy atom. The molecule has 3 heterocycles. The Labute approximate surface area is 126 Å². The van der Waals surface area contributed by atoms with Gasteiger partial charge in [-0.05, 0) is 25.5 Å². The number of H-pyrrole nitrogens is 1. The topological polar surface area (TPSA) is 49.7 Å². The summed E-state index contributed by atoms with van der Waals surface area (Å²) >= 11 is 0. The summed E-state index contributed by atoms with van der Waals surface area (Å²) in [6, 6.07) is 1.91. The highest BCUT2D eigenvalue weighted by atomic mass is 19.4. The van der Waals surface area contributed by atoms with Crippen LogP contribution in [0.3, 0.4) is 0 Å². The van der Waals surface area contributed by atoms with Gasteiger partial charge in [0.15, 0.2) is 5.69 Å². The number of piperidine rings is 1. The summed E-state index contributed by atoms with van der Waals surface area (Å²) < 4.78 is 39.8. The van der Waals surface area contributed by atoms with Crippen LogP contribution in [0.5, 0.6) is 0 Å². The van der Waals surface area contributed by atoms with Crippen LogP contribution in [0.2, 0.25) is 0 Å². The number of aromatic nitrogens is 4. The lowest BCUT2D eigenvalue weighted by Gasteiger charge is -2.31. The van der Waals surface area contributed by atoms with Crippen molar-refractivity contribution in [1.29, 1.82) is 0 Å². The number of aromatic amines is 1. The molecule has 1 atom stereocenters. The number of hydrogen-bond acceptors (Lipinski definition) is 3. The van der Waals surface area contributed by atoms with Crippen molar-refractivity contribution < 1.29 is 13.2 Å². The largest absolute Gasteiger partial charge is 0.434 e. The maximum absolute atomic E-state index is 12.8. The van der Waals surface area contributed by atoms with Gasteiger partial charge in [-0.1, -0.05) is 0 Å². The van der Waals surface area contributed by atoms with E-state index < -0.39 is 11.9 Å². The van der Waals surface area contributed by atoms with Crippen LogP contribution in [0.15, 0.2) is 18.5 Å². The first-order valence-corrected chi connectivity index (χ1v) is 7.24. The Bertz CT molecular complexity index is 617. The summed E-state index contributed by atoms with van der Waals surface area (Å²) in [5.74, 6) is 0.541. The summed E-state index contributed by atoms with van der Waals surface area (Å²) in [6.07, 6.45) is 0.198. The number of nitrogens with one attached hydrogen (secondary N) is 1. The van der Waals surface area contributed by atoms with Gasteiger partial charge in [-0.2, -0.15) is 18.3 Å². The van der Waals surface area contributed by atoms with E-state index >= 15 is 0 Å². The van der Waals surface area contributed by atoms with Crippen LogP contribution in [0, 0.1) is 0 Å². The minimum atomic E-state index is -4.39. The maximum Gasteiger partial charge on any atom is 0.434 e. The molecule has 120 valence electrons. The highest BCUT2D eigenvalue weighted by Crippen LogP contribution is 2.32. The predicted molar refractivity (Wildman–Crippen MR) is 74.0 cm³/mol.